The molecule has 0 bridgehead atoms. The van der Waals surface area contributed by atoms with Gasteiger partial charge in [0.25, 0.3) is 0 Å². The van der Waals surface area contributed by atoms with Gasteiger partial charge >= 0.3 is 0 Å². The number of amides is 2. The van der Waals surface area contributed by atoms with E-state index in [0.717, 1.165) is 11.3 Å². The smallest absolute Gasteiger partial charge is 0.248 e. The van der Waals surface area contributed by atoms with Gasteiger partial charge in [0.05, 0.1) is 25.4 Å². The molecule has 8 heteroatoms. The molecular weight excluding hydrogens is 380 g/mol. The van der Waals surface area contributed by atoms with Crippen LogP contribution in [0, 0.1) is 13.8 Å². The molecule has 2 heterocycles. The van der Waals surface area contributed by atoms with Crippen LogP contribution in [-0.2, 0) is 20.9 Å². The van der Waals surface area contributed by atoms with Crippen LogP contribution in [0.25, 0.3) is 6.08 Å². The van der Waals surface area contributed by atoms with Crippen LogP contribution in [0.2, 0.25) is 5.15 Å². The van der Waals surface area contributed by atoms with Crippen molar-refractivity contribution >= 4 is 29.5 Å². The first-order chi connectivity index (χ1) is 13.3. The maximum atomic E-state index is 12.5. The highest BCUT2D eigenvalue weighted by Gasteiger charge is 2.26. The Morgan fingerprint density at radius 3 is 2.71 bits per heavy atom. The Labute approximate surface area is 168 Å². The van der Waals surface area contributed by atoms with Gasteiger partial charge in [0.15, 0.2) is 6.10 Å². The van der Waals surface area contributed by atoms with Gasteiger partial charge in [0, 0.05) is 18.2 Å². The van der Waals surface area contributed by atoms with E-state index in [0.29, 0.717) is 23.8 Å². The van der Waals surface area contributed by atoms with Crippen LogP contribution in [0.15, 0.2) is 30.3 Å². The third-order valence-electron chi connectivity index (χ3n) is 4.65. The summed E-state index contributed by atoms with van der Waals surface area (Å²) in [4.78, 5) is 25.3. The highest BCUT2D eigenvalue weighted by atomic mass is 35.5. The van der Waals surface area contributed by atoms with Crippen LogP contribution in [0.4, 0.5) is 0 Å². The Hall–Kier alpha value is -2.64. The number of nitrogens with two attached hydrogens (primary N) is 1. The van der Waals surface area contributed by atoms with Gasteiger partial charge in [-0.25, -0.2) is 4.68 Å². The number of nitrogens with zero attached hydrogens (tertiary/aromatic N) is 3. The van der Waals surface area contributed by atoms with Gasteiger partial charge in [-0.2, -0.15) is 5.10 Å². The lowest BCUT2D eigenvalue weighted by Gasteiger charge is -2.30. The first-order valence-corrected chi connectivity index (χ1v) is 9.39. The largest absolute Gasteiger partial charge is 0.367 e. The van der Waals surface area contributed by atoms with Crippen LogP contribution in [0.5, 0.6) is 0 Å². The normalized spacial score (nSPS) is 17.2. The molecule has 1 saturated heterocycles. The number of halogens is 1. The zero-order valence-corrected chi connectivity index (χ0v) is 16.6. The molecule has 1 unspecified atom stereocenters. The standard InChI is InChI=1S/C20H23ClN4O3/c1-13-3-5-15(6-4-13)11-25-19(21)16(14(2)23-25)7-8-18(26)24-9-10-28-17(12-24)20(22)27/h3-8,17H,9-12H2,1-2H3,(H2,22,27)/b8-7+. The number of carbonyl (C=O) groups is 2. The quantitative estimate of drug-likeness (QED) is 0.773. The third-order valence-corrected chi connectivity index (χ3v) is 5.05. The average Bonchev–Trinajstić information content (AvgIpc) is 2.94. The van der Waals surface area contributed by atoms with Crippen molar-refractivity contribution in [3.8, 4) is 0 Å². The van der Waals surface area contributed by atoms with Gasteiger partial charge in [0.2, 0.25) is 11.8 Å². The van der Waals surface area contributed by atoms with E-state index < -0.39 is 12.0 Å². The summed E-state index contributed by atoms with van der Waals surface area (Å²) in [6.07, 6.45) is 2.33. The molecule has 2 amide bonds. The highest BCUT2D eigenvalue weighted by Crippen LogP contribution is 2.22. The molecule has 1 atom stereocenters. The second-order valence-electron chi connectivity index (χ2n) is 6.81. The Morgan fingerprint density at radius 1 is 1.32 bits per heavy atom. The average molecular weight is 403 g/mol. The van der Waals surface area contributed by atoms with Gasteiger partial charge in [-0.3, -0.25) is 9.59 Å². The van der Waals surface area contributed by atoms with E-state index in [4.69, 9.17) is 22.1 Å². The molecule has 7 nitrogen and oxygen atoms in total. The minimum atomic E-state index is -0.770. The fraction of sp³-hybridized carbons (Fsp3) is 0.350. The Kier molecular flexibility index (Phi) is 6.16. The van der Waals surface area contributed by atoms with Crippen LogP contribution in [0.1, 0.15) is 22.4 Å². The summed E-state index contributed by atoms with van der Waals surface area (Å²) in [5.41, 5.74) is 8.97. The summed E-state index contributed by atoms with van der Waals surface area (Å²) in [5.74, 6) is -0.797. The first kappa shape index (κ1) is 20.1. The molecule has 3 rings (SSSR count). The molecular formula is C20H23ClN4O3. The topological polar surface area (TPSA) is 90.4 Å². The van der Waals surface area contributed by atoms with Crippen molar-refractivity contribution in [3.63, 3.8) is 0 Å². The number of aryl methyl sites for hydroxylation is 2. The Bertz CT molecular complexity index is 905. The number of carbonyl (C=O) groups excluding carboxylic acids is 2. The van der Waals surface area contributed by atoms with Gasteiger partial charge in [-0.15, -0.1) is 0 Å². The van der Waals surface area contributed by atoms with Crippen molar-refractivity contribution in [2.45, 2.75) is 26.5 Å². The molecule has 28 heavy (non-hydrogen) atoms. The molecule has 1 aromatic carbocycles. The number of primary amides is 1. The molecule has 0 radical (unpaired) electrons. The van der Waals surface area contributed by atoms with Crippen molar-refractivity contribution in [2.75, 3.05) is 19.7 Å². The molecule has 0 saturated carbocycles. The van der Waals surface area contributed by atoms with Crippen LogP contribution < -0.4 is 5.73 Å². The summed E-state index contributed by atoms with van der Waals surface area (Å²) < 4.78 is 6.97. The van der Waals surface area contributed by atoms with Gasteiger partial charge in [-0.1, -0.05) is 41.4 Å². The van der Waals surface area contributed by atoms with Crippen molar-refractivity contribution < 1.29 is 14.3 Å². The molecule has 1 aliphatic heterocycles. The highest BCUT2D eigenvalue weighted by molar-refractivity contribution is 6.31. The van der Waals surface area contributed by atoms with Gasteiger partial charge in [0.1, 0.15) is 5.15 Å². The monoisotopic (exact) mass is 402 g/mol. The summed E-state index contributed by atoms with van der Waals surface area (Å²) in [5, 5.41) is 4.95. The first-order valence-electron chi connectivity index (χ1n) is 9.01. The maximum absolute atomic E-state index is 12.5. The lowest BCUT2D eigenvalue weighted by Crippen LogP contribution is -2.50. The number of aromatic nitrogens is 2. The number of ether oxygens (including phenoxy) is 1. The van der Waals surface area contributed by atoms with E-state index in [1.54, 1.807) is 10.8 Å². The second kappa shape index (κ2) is 8.58. The molecule has 1 aliphatic rings. The van der Waals surface area contributed by atoms with Crippen LogP contribution >= 0.6 is 11.6 Å². The summed E-state index contributed by atoms with van der Waals surface area (Å²) in [6, 6.07) is 8.16. The van der Waals surface area contributed by atoms with Gasteiger partial charge < -0.3 is 15.4 Å². The minimum absolute atomic E-state index is 0.151. The number of hydrogen-bond acceptors (Lipinski definition) is 4. The summed E-state index contributed by atoms with van der Waals surface area (Å²) >= 11 is 6.49. The predicted molar refractivity (Wildman–Crippen MR) is 107 cm³/mol. The van der Waals surface area contributed by atoms with E-state index >= 15 is 0 Å². The van der Waals surface area contributed by atoms with Crippen molar-refractivity contribution in [1.82, 2.24) is 14.7 Å². The fourth-order valence-corrected chi connectivity index (χ4v) is 3.31. The number of benzene rings is 1. The number of hydrogen-bond donors (Lipinski definition) is 1. The Morgan fingerprint density at radius 2 is 2.04 bits per heavy atom. The summed E-state index contributed by atoms with van der Waals surface area (Å²) in [7, 11) is 0. The molecule has 148 valence electrons. The van der Waals surface area contributed by atoms with Crippen LogP contribution in [0.3, 0.4) is 0 Å². The molecule has 2 aromatic rings. The van der Waals surface area contributed by atoms with E-state index in [1.807, 2.05) is 38.1 Å². The maximum Gasteiger partial charge on any atom is 0.248 e. The number of morpholine rings is 1. The third kappa shape index (κ3) is 4.61. The molecule has 2 N–H and O–H groups in total. The zero-order valence-electron chi connectivity index (χ0n) is 15.9. The molecule has 0 spiro atoms. The van der Waals surface area contributed by atoms with Gasteiger partial charge in [-0.05, 0) is 25.5 Å². The predicted octanol–water partition coefficient (Wildman–Crippen LogP) is 1.93. The van der Waals surface area contributed by atoms with Crippen LogP contribution in [-0.4, -0.2) is 52.3 Å². The molecule has 0 aliphatic carbocycles. The van der Waals surface area contributed by atoms with E-state index in [-0.39, 0.29) is 19.1 Å². The minimum Gasteiger partial charge on any atom is -0.367 e. The lowest BCUT2D eigenvalue weighted by molar-refractivity contribution is -0.142. The van der Waals surface area contributed by atoms with E-state index in [9.17, 15) is 9.59 Å². The molecule has 1 fully saturated rings. The fourth-order valence-electron chi connectivity index (χ4n) is 3.01. The SMILES string of the molecule is Cc1ccc(Cn2nc(C)c(/C=C/C(=O)N3CCOC(C(N)=O)C3)c2Cl)cc1. The van der Waals surface area contributed by atoms with E-state index in [1.165, 1.54) is 16.5 Å². The molecule has 1 aromatic heterocycles. The zero-order chi connectivity index (χ0) is 20.3. The summed E-state index contributed by atoms with van der Waals surface area (Å²) in [6.45, 7) is 5.27. The Balaban J connectivity index is 1.71. The van der Waals surface area contributed by atoms with Crippen molar-refractivity contribution in [1.29, 1.82) is 0 Å². The van der Waals surface area contributed by atoms with Crippen molar-refractivity contribution in [2.24, 2.45) is 5.73 Å². The van der Waals surface area contributed by atoms with E-state index in [2.05, 4.69) is 5.10 Å². The lowest BCUT2D eigenvalue weighted by atomic mass is 10.1. The second-order valence-corrected chi connectivity index (χ2v) is 7.17. The van der Waals surface area contributed by atoms with Crippen molar-refractivity contribution in [3.05, 3.63) is 57.9 Å². The number of rotatable bonds is 5.